The minimum absolute atomic E-state index is 0.301. The predicted octanol–water partition coefficient (Wildman–Crippen LogP) is 0.474. The van der Waals surface area contributed by atoms with Gasteiger partial charge in [0.2, 0.25) is 0 Å². The molecule has 0 aromatic carbocycles. The van der Waals surface area contributed by atoms with Crippen LogP contribution in [0.1, 0.15) is 27.2 Å². The molecule has 0 aliphatic carbocycles. The van der Waals surface area contributed by atoms with Gasteiger partial charge >= 0.3 is 0 Å². The molecule has 1 heterocycles. The second kappa shape index (κ2) is 1.96. The fourth-order valence-electron chi connectivity index (χ4n) is 1.35. The zero-order valence-corrected chi connectivity index (χ0v) is 6.44. The molecule has 1 rings (SSSR count). The Labute approximate surface area is 56.8 Å². The minimum Gasteiger partial charge on any atom is -0.326 e. The third-order valence-electron chi connectivity index (χ3n) is 2.35. The molecule has 1 saturated heterocycles. The van der Waals surface area contributed by atoms with Crippen molar-refractivity contribution in [2.24, 2.45) is 5.73 Å². The Balaban J connectivity index is 2.38. The summed E-state index contributed by atoms with van der Waals surface area (Å²) in [7, 11) is 0. The molecule has 0 aromatic rings. The molecule has 9 heavy (non-hydrogen) atoms. The summed E-state index contributed by atoms with van der Waals surface area (Å²) in [6, 6.07) is 0.859. The highest BCUT2D eigenvalue weighted by Crippen LogP contribution is 2.30. The van der Waals surface area contributed by atoms with Crippen molar-refractivity contribution in [3.05, 3.63) is 0 Å². The van der Waals surface area contributed by atoms with Gasteiger partial charge in [0, 0.05) is 17.6 Å². The number of nitrogens with one attached hydrogen (secondary N) is 1. The molecule has 2 nitrogen and oxygen atoms in total. The van der Waals surface area contributed by atoms with Crippen LogP contribution in [0.5, 0.6) is 0 Å². The van der Waals surface area contributed by atoms with Crippen LogP contribution in [0.3, 0.4) is 0 Å². The molecule has 0 radical (unpaired) electrons. The summed E-state index contributed by atoms with van der Waals surface area (Å²) in [5.41, 5.74) is 6.04. The lowest BCUT2D eigenvalue weighted by molar-refractivity contribution is 0.595. The second-order valence-electron chi connectivity index (χ2n) is 3.25. The Bertz CT molecular complexity index is 111. The Morgan fingerprint density at radius 3 is 2.44 bits per heavy atom. The van der Waals surface area contributed by atoms with E-state index >= 15 is 0 Å². The first kappa shape index (κ1) is 7.03. The van der Waals surface area contributed by atoms with Crippen LogP contribution in [-0.4, -0.2) is 17.6 Å². The highest BCUT2D eigenvalue weighted by Gasteiger charge is 2.49. The average Bonchev–Trinajstić information content (AvgIpc) is 2.44. The zero-order valence-electron chi connectivity index (χ0n) is 6.44. The number of hydrogen-bond donors (Lipinski definition) is 2. The molecule has 3 atom stereocenters. The van der Waals surface area contributed by atoms with Crippen LogP contribution in [-0.2, 0) is 0 Å². The summed E-state index contributed by atoms with van der Waals surface area (Å²) >= 11 is 0. The van der Waals surface area contributed by atoms with Gasteiger partial charge in [0.15, 0.2) is 0 Å². The predicted molar refractivity (Wildman–Crippen MR) is 39.3 cm³/mol. The molecule has 1 aliphatic rings. The molecule has 3 N–H and O–H groups in total. The van der Waals surface area contributed by atoms with E-state index in [-0.39, 0.29) is 0 Å². The van der Waals surface area contributed by atoms with E-state index in [1.165, 1.54) is 6.42 Å². The first-order valence-corrected chi connectivity index (χ1v) is 3.63. The van der Waals surface area contributed by atoms with Crippen LogP contribution >= 0.6 is 0 Å². The van der Waals surface area contributed by atoms with Crippen molar-refractivity contribution in [2.75, 3.05) is 0 Å². The molecule has 0 spiro atoms. The summed E-state index contributed by atoms with van der Waals surface area (Å²) in [6.45, 7) is 6.47. The molecule has 1 fully saturated rings. The summed E-state index contributed by atoms with van der Waals surface area (Å²) in [6.07, 6.45) is 1.18. The number of nitrogens with two attached hydrogens (primary N) is 1. The van der Waals surface area contributed by atoms with Crippen molar-refractivity contribution in [2.45, 2.75) is 44.8 Å². The fourth-order valence-corrected chi connectivity index (χ4v) is 1.35. The highest BCUT2D eigenvalue weighted by atomic mass is 15.2. The molecule has 1 aliphatic heterocycles. The summed E-state index contributed by atoms with van der Waals surface area (Å²) in [4.78, 5) is 0. The second-order valence-corrected chi connectivity index (χ2v) is 3.25. The Kier molecular flexibility index (Phi) is 1.53. The molecular weight excluding hydrogens is 112 g/mol. The van der Waals surface area contributed by atoms with Crippen molar-refractivity contribution >= 4 is 0 Å². The SMILES string of the molecule is CCC1(C)NC1C(C)N. The molecular formula is C7H16N2. The van der Waals surface area contributed by atoms with Gasteiger partial charge in [-0.25, -0.2) is 0 Å². The van der Waals surface area contributed by atoms with E-state index in [0.29, 0.717) is 17.6 Å². The average molecular weight is 128 g/mol. The topological polar surface area (TPSA) is 48.0 Å². The molecule has 3 unspecified atom stereocenters. The first-order valence-electron chi connectivity index (χ1n) is 3.63. The first-order chi connectivity index (χ1) is 4.10. The van der Waals surface area contributed by atoms with Crippen LogP contribution in [0.4, 0.5) is 0 Å². The normalized spacial score (nSPS) is 44.7. The van der Waals surface area contributed by atoms with E-state index in [1.807, 2.05) is 0 Å². The lowest BCUT2D eigenvalue weighted by Gasteiger charge is -2.05. The number of rotatable bonds is 2. The van der Waals surface area contributed by atoms with Gasteiger partial charge in [-0.1, -0.05) is 6.92 Å². The van der Waals surface area contributed by atoms with Crippen molar-refractivity contribution in [3.8, 4) is 0 Å². The van der Waals surface area contributed by atoms with E-state index in [4.69, 9.17) is 5.73 Å². The van der Waals surface area contributed by atoms with Gasteiger partial charge < -0.3 is 11.1 Å². The standard InChI is InChI=1S/C7H16N2/c1-4-7(3)6(9-7)5(2)8/h5-6,9H,4,8H2,1-3H3. The van der Waals surface area contributed by atoms with Crippen LogP contribution in [0, 0.1) is 0 Å². The minimum atomic E-state index is 0.301. The number of hydrogen-bond acceptors (Lipinski definition) is 2. The van der Waals surface area contributed by atoms with E-state index in [9.17, 15) is 0 Å². The van der Waals surface area contributed by atoms with E-state index in [2.05, 4.69) is 26.1 Å². The third-order valence-corrected chi connectivity index (χ3v) is 2.35. The van der Waals surface area contributed by atoms with E-state index in [0.717, 1.165) is 0 Å². The summed E-state index contributed by atoms with van der Waals surface area (Å²) < 4.78 is 0. The maximum Gasteiger partial charge on any atom is 0.0401 e. The molecule has 0 saturated carbocycles. The van der Waals surface area contributed by atoms with Crippen LogP contribution in [0.2, 0.25) is 0 Å². The molecule has 0 amide bonds. The van der Waals surface area contributed by atoms with Gasteiger partial charge in [-0.15, -0.1) is 0 Å². The largest absolute Gasteiger partial charge is 0.326 e. The quantitative estimate of drug-likeness (QED) is 0.531. The van der Waals surface area contributed by atoms with Gasteiger partial charge in [-0.05, 0) is 20.3 Å². The Morgan fingerprint density at radius 2 is 2.33 bits per heavy atom. The molecule has 0 aromatic heterocycles. The van der Waals surface area contributed by atoms with Gasteiger partial charge in [0.05, 0.1) is 0 Å². The fraction of sp³-hybridized carbons (Fsp3) is 1.00. The summed E-state index contributed by atoms with van der Waals surface area (Å²) in [5.74, 6) is 0. The van der Waals surface area contributed by atoms with Crippen molar-refractivity contribution in [1.29, 1.82) is 0 Å². The molecule has 2 heteroatoms. The van der Waals surface area contributed by atoms with Gasteiger partial charge in [-0.3, -0.25) is 0 Å². The highest BCUT2D eigenvalue weighted by molar-refractivity contribution is 5.13. The van der Waals surface area contributed by atoms with Crippen LogP contribution in [0.15, 0.2) is 0 Å². The lowest BCUT2D eigenvalue weighted by atomic mass is 10.0. The van der Waals surface area contributed by atoms with Gasteiger partial charge in [0.25, 0.3) is 0 Å². The molecule has 54 valence electrons. The summed E-state index contributed by atoms with van der Waals surface area (Å²) in [5, 5.41) is 3.37. The van der Waals surface area contributed by atoms with E-state index < -0.39 is 0 Å². The smallest absolute Gasteiger partial charge is 0.0401 e. The zero-order chi connectivity index (χ0) is 7.07. The van der Waals surface area contributed by atoms with Gasteiger partial charge in [0.1, 0.15) is 0 Å². The maximum absolute atomic E-state index is 5.69. The molecule has 0 bridgehead atoms. The maximum atomic E-state index is 5.69. The Morgan fingerprint density at radius 1 is 1.78 bits per heavy atom. The Hall–Kier alpha value is -0.0800. The van der Waals surface area contributed by atoms with Crippen LogP contribution in [0.25, 0.3) is 0 Å². The van der Waals surface area contributed by atoms with Crippen molar-refractivity contribution in [1.82, 2.24) is 5.32 Å². The van der Waals surface area contributed by atoms with Crippen molar-refractivity contribution < 1.29 is 0 Å². The third kappa shape index (κ3) is 1.10. The van der Waals surface area contributed by atoms with Crippen molar-refractivity contribution in [3.63, 3.8) is 0 Å². The van der Waals surface area contributed by atoms with Crippen LogP contribution < -0.4 is 11.1 Å². The lowest BCUT2D eigenvalue weighted by Crippen LogP contribution is -2.27. The van der Waals surface area contributed by atoms with Gasteiger partial charge in [-0.2, -0.15) is 0 Å². The van der Waals surface area contributed by atoms with E-state index in [1.54, 1.807) is 0 Å². The monoisotopic (exact) mass is 128 g/mol.